The van der Waals surface area contributed by atoms with E-state index in [1.165, 1.54) is 12.3 Å². The topological polar surface area (TPSA) is 80.4 Å². The molecule has 5 aromatic rings. The molecule has 0 saturated heterocycles. The van der Waals surface area contributed by atoms with E-state index in [4.69, 9.17) is 4.42 Å². The van der Waals surface area contributed by atoms with Gasteiger partial charge in [0.05, 0.1) is 27.7 Å². The van der Waals surface area contributed by atoms with Gasteiger partial charge in [-0.15, -0.1) is 0 Å². The van der Waals surface area contributed by atoms with E-state index in [-0.39, 0.29) is 22.2 Å². The summed E-state index contributed by atoms with van der Waals surface area (Å²) in [6.07, 6.45) is 1.37. The Labute approximate surface area is 171 Å². The molecular formula is C25H17NO4. The molecule has 2 aromatic heterocycles. The maximum Gasteiger partial charge on any atom is 0.336 e. The number of carboxylic acids is 1. The molecule has 5 heteroatoms. The summed E-state index contributed by atoms with van der Waals surface area (Å²) >= 11 is 0. The summed E-state index contributed by atoms with van der Waals surface area (Å²) in [5, 5.41) is 12.7. The Hall–Kier alpha value is -3.99. The van der Waals surface area contributed by atoms with Gasteiger partial charge in [0.1, 0.15) is 11.8 Å². The Balaban J connectivity index is 1.85. The van der Waals surface area contributed by atoms with Crippen LogP contribution in [0, 0.1) is 13.8 Å². The van der Waals surface area contributed by atoms with E-state index in [9.17, 15) is 14.7 Å². The molecule has 0 atom stereocenters. The van der Waals surface area contributed by atoms with Crippen LogP contribution in [0.15, 0.2) is 70.1 Å². The van der Waals surface area contributed by atoms with Crippen LogP contribution >= 0.6 is 0 Å². The molecule has 0 spiro atoms. The van der Waals surface area contributed by atoms with Crippen molar-refractivity contribution in [2.45, 2.75) is 13.8 Å². The summed E-state index contributed by atoms with van der Waals surface area (Å²) in [4.78, 5) is 29.9. The van der Waals surface area contributed by atoms with Gasteiger partial charge in [0.2, 0.25) is 5.43 Å². The zero-order valence-corrected chi connectivity index (χ0v) is 16.4. The van der Waals surface area contributed by atoms with Gasteiger partial charge < -0.3 is 9.52 Å². The lowest BCUT2D eigenvalue weighted by Crippen LogP contribution is -2.09. The van der Waals surface area contributed by atoms with Crippen LogP contribution in [0.2, 0.25) is 0 Å². The van der Waals surface area contributed by atoms with Crippen molar-refractivity contribution in [1.29, 1.82) is 0 Å². The number of aromatic nitrogens is 1. The van der Waals surface area contributed by atoms with Crippen LogP contribution in [0.1, 0.15) is 21.5 Å². The van der Waals surface area contributed by atoms with Gasteiger partial charge >= 0.3 is 5.97 Å². The summed E-state index contributed by atoms with van der Waals surface area (Å²) < 4.78 is 5.73. The molecule has 0 aliphatic rings. The van der Waals surface area contributed by atoms with E-state index in [1.807, 2.05) is 62.4 Å². The highest BCUT2D eigenvalue weighted by atomic mass is 16.4. The van der Waals surface area contributed by atoms with Gasteiger partial charge in [0.15, 0.2) is 0 Å². The average Bonchev–Trinajstić information content (AvgIpc) is 2.71. The van der Waals surface area contributed by atoms with E-state index >= 15 is 0 Å². The van der Waals surface area contributed by atoms with Gasteiger partial charge in [-0.3, -0.25) is 4.79 Å². The average molecular weight is 395 g/mol. The van der Waals surface area contributed by atoms with Crippen molar-refractivity contribution in [3.63, 3.8) is 0 Å². The fourth-order valence-corrected chi connectivity index (χ4v) is 4.03. The molecule has 30 heavy (non-hydrogen) atoms. The summed E-state index contributed by atoms with van der Waals surface area (Å²) in [5.41, 5.74) is 3.23. The SMILES string of the molecule is Cc1cc(C)c2c(=O)c(-c3cc(C(=O)O)c4cc5ccccc5cc4n3)coc2c1. The summed E-state index contributed by atoms with van der Waals surface area (Å²) in [6.45, 7) is 3.80. The molecule has 0 saturated carbocycles. The minimum absolute atomic E-state index is 0.0980. The Kier molecular flexibility index (Phi) is 3.93. The number of hydrogen-bond acceptors (Lipinski definition) is 4. The van der Waals surface area contributed by atoms with E-state index in [2.05, 4.69) is 4.98 Å². The van der Waals surface area contributed by atoms with Gasteiger partial charge in [0.25, 0.3) is 0 Å². The number of pyridine rings is 1. The molecule has 0 aliphatic heterocycles. The van der Waals surface area contributed by atoms with Crippen LogP contribution in [0.5, 0.6) is 0 Å². The smallest absolute Gasteiger partial charge is 0.336 e. The van der Waals surface area contributed by atoms with E-state index < -0.39 is 5.97 Å². The number of fused-ring (bicyclic) bond motifs is 3. The Morgan fingerprint density at radius 2 is 1.73 bits per heavy atom. The number of carbonyl (C=O) groups is 1. The third-order valence-corrected chi connectivity index (χ3v) is 5.40. The molecule has 0 radical (unpaired) electrons. The Morgan fingerprint density at radius 1 is 1.00 bits per heavy atom. The zero-order valence-electron chi connectivity index (χ0n) is 16.4. The number of carboxylic acid groups (broad SMARTS) is 1. The molecule has 1 N–H and O–H groups in total. The predicted octanol–water partition coefficient (Wildman–Crippen LogP) is 5.48. The molecular weight excluding hydrogens is 378 g/mol. The molecule has 0 amide bonds. The van der Waals surface area contributed by atoms with Crippen LogP contribution in [0.4, 0.5) is 0 Å². The second-order valence-electron chi connectivity index (χ2n) is 7.51. The highest BCUT2D eigenvalue weighted by Crippen LogP contribution is 2.29. The zero-order chi connectivity index (χ0) is 21.0. The van der Waals surface area contributed by atoms with Crippen molar-refractivity contribution in [3.05, 3.63) is 87.8 Å². The molecule has 5 rings (SSSR count). The van der Waals surface area contributed by atoms with E-state index in [0.29, 0.717) is 21.9 Å². The Morgan fingerprint density at radius 3 is 2.47 bits per heavy atom. The van der Waals surface area contributed by atoms with Gasteiger partial charge in [-0.05, 0) is 60.0 Å². The molecule has 5 nitrogen and oxygen atoms in total. The summed E-state index contributed by atoms with van der Waals surface area (Å²) in [5.74, 6) is -1.07. The molecule has 0 aliphatic carbocycles. The lowest BCUT2D eigenvalue weighted by atomic mass is 10.00. The normalized spacial score (nSPS) is 11.4. The fraction of sp³-hybridized carbons (Fsp3) is 0.0800. The predicted molar refractivity (Wildman–Crippen MR) is 117 cm³/mol. The summed E-state index contributed by atoms with van der Waals surface area (Å²) in [7, 11) is 0. The number of benzene rings is 3. The molecule has 2 heterocycles. The van der Waals surface area contributed by atoms with Crippen molar-refractivity contribution in [2.75, 3.05) is 0 Å². The van der Waals surface area contributed by atoms with Gasteiger partial charge in [-0.1, -0.05) is 30.3 Å². The largest absolute Gasteiger partial charge is 0.478 e. The van der Waals surface area contributed by atoms with Crippen molar-refractivity contribution < 1.29 is 14.3 Å². The first-order valence-electron chi connectivity index (χ1n) is 9.52. The third-order valence-electron chi connectivity index (χ3n) is 5.40. The minimum Gasteiger partial charge on any atom is -0.478 e. The maximum absolute atomic E-state index is 13.2. The standard InChI is InChI=1S/C25H17NO4/c1-13-7-14(2)23-22(8-13)30-12-19(24(23)27)21-11-18(25(28)29)17-9-15-5-3-4-6-16(15)10-20(17)26-21/h3-12H,1-2H3,(H,28,29). The maximum atomic E-state index is 13.2. The number of hydrogen-bond donors (Lipinski definition) is 1. The lowest BCUT2D eigenvalue weighted by molar-refractivity contribution is 0.0699. The van der Waals surface area contributed by atoms with Crippen LogP contribution in [0.3, 0.4) is 0 Å². The van der Waals surface area contributed by atoms with Crippen molar-refractivity contribution in [2.24, 2.45) is 0 Å². The minimum atomic E-state index is -1.07. The first-order chi connectivity index (χ1) is 14.4. The van der Waals surface area contributed by atoms with Gasteiger partial charge in [0, 0.05) is 5.39 Å². The second-order valence-corrected chi connectivity index (χ2v) is 7.51. The van der Waals surface area contributed by atoms with Gasteiger partial charge in [-0.25, -0.2) is 9.78 Å². The lowest BCUT2D eigenvalue weighted by Gasteiger charge is -2.10. The first-order valence-corrected chi connectivity index (χ1v) is 9.52. The number of nitrogens with zero attached hydrogens (tertiary/aromatic N) is 1. The Bertz CT molecular complexity index is 1560. The summed E-state index contributed by atoms with van der Waals surface area (Å²) in [6, 6.07) is 16.5. The van der Waals surface area contributed by atoms with E-state index in [1.54, 1.807) is 0 Å². The molecule has 0 unspecified atom stereocenters. The quantitative estimate of drug-likeness (QED) is 0.401. The van der Waals surface area contributed by atoms with Crippen molar-refractivity contribution in [3.8, 4) is 11.3 Å². The molecule has 146 valence electrons. The van der Waals surface area contributed by atoms with Crippen LogP contribution < -0.4 is 5.43 Å². The van der Waals surface area contributed by atoms with Crippen molar-refractivity contribution >= 4 is 38.6 Å². The number of aromatic carboxylic acids is 1. The monoisotopic (exact) mass is 395 g/mol. The van der Waals surface area contributed by atoms with Crippen molar-refractivity contribution in [1.82, 2.24) is 4.98 Å². The highest BCUT2D eigenvalue weighted by Gasteiger charge is 2.18. The highest BCUT2D eigenvalue weighted by molar-refractivity contribution is 6.08. The third kappa shape index (κ3) is 2.75. The van der Waals surface area contributed by atoms with Crippen LogP contribution in [-0.2, 0) is 0 Å². The number of aryl methyl sites for hydroxylation is 2. The molecule has 0 bridgehead atoms. The second kappa shape index (κ2) is 6.52. The van der Waals surface area contributed by atoms with Crippen LogP contribution in [0.25, 0.3) is 43.9 Å². The first kappa shape index (κ1) is 18.1. The number of rotatable bonds is 2. The fourth-order valence-electron chi connectivity index (χ4n) is 4.03. The van der Waals surface area contributed by atoms with Gasteiger partial charge in [-0.2, -0.15) is 0 Å². The van der Waals surface area contributed by atoms with E-state index in [0.717, 1.165) is 21.9 Å². The molecule has 0 fully saturated rings. The van der Waals surface area contributed by atoms with Crippen LogP contribution in [-0.4, -0.2) is 16.1 Å². The molecule has 3 aromatic carbocycles.